The summed E-state index contributed by atoms with van der Waals surface area (Å²) in [6.45, 7) is 8.51. The summed E-state index contributed by atoms with van der Waals surface area (Å²) >= 11 is 0. The molecule has 2 aliphatic rings. The summed E-state index contributed by atoms with van der Waals surface area (Å²) in [6, 6.07) is 16.7. The molecule has 206 valence electrons. The fraction of sp³-hybridized carbons (Fsp3) is 0.345. The Balaban J connectivity index is 1.29. The third kappa shape index (κ3) is 6.77. The van der Waals surface area contributed by atoms with Gasteiger partial charge in [-0.05, 0) is 56.6 Å². The van der Waals surface area contributed by atoms with Gasteiger partial charge in [-0.2, -0.15) is 0 Å². The van der Waals surface area contributed by atoms with Gasteiger partial charge in [-0.25, -0.2) is 14.4 Å². The molecular formula is C29H35N5O5. The third-order valence-corrected chi connectivity index (χ3v) is 7.13. The molecule has 1 fully saturated rings. The first-order valence-corrected chi connectivity index (χ1v) is 13.1. The number of carbonyl (C=O) groups excluding carboxylic acids is 1. The van der Waals surface area contributed by atoms with Gasteiger partial charge in [0.25, 0.3) is 0 Å². The van der Waals surface area contributed by atoms with Crippen LogP contribution in [0, 0.1) is 0 Å². The molecule has 0 aliphatic carbocycles. The Labute approximate surface area is 228 Å². The summed E-state index contributed by atoms with van der Waals surface area (Å²) < 4.78 is 0. The molecule has 0 unspecified atom stereocenters. The number of aliphatic carboxylic acids is 2. The van der Waals surface area contributed by atoms with Crippen molar-refractivity contribution in [2.24, 2.45) is 0 Å². The molecule has 2 aliphatic heterocycles. The van der Waals surface area contributed by atoms with Crippen LogP contribution in [0.2, 0.25) is 0 Å². The predicted molar refractivity (Wildman–Crippen MR) is 150 cm³/mol. The van der Waals surface area contributed by atoms with Crippen LogP contribution in [0.4, 0.5) is 16.2 Å². The van der Waals surface area contributed by atoms with E-state index in [4.69, 9.17) is 0 Å². The topological polar surface area (TPSA) is 134 Å². The van der Waals surface area contributed by atoms with Crippen LogP contribution in [-0.2, 0) is 9.59 Å². The average molecular weight is 534 g/mol. The average Bonchev–Trinajstić information content (AvgIpc) is 2.91. The van der Waals surface area contributed by atoms with Crippen molar-refractivity contribution in [3.63, 3.8) is 0 Å². The Morgan fingerprint density at radius 2 is 1.54 bits per heavy atom. The van der Waals surface area contributed by atoms with E-state index in [9.17, 15) is 24.6 Å². The van der Waals surface area contributed by atoms with Gasteiger partial charge in [0.1, 0.15) is 0 Å². The van der Waals surface area contributed by atoms with Crippen molar-refractivity contribution in [2.45, 2.75) is 26.2 Å². The highest BCUT2D eigenvalue weighted by Crippen LogP contribution is 2.38. The van der Waals surface area contributed by atoms with Gasteiger partial charge in [0.15, 0.2) is 0 Å². The lowest BCUT2D eigenvalue weighted by Crippen LogP contribution is -2.47. The van der Waals surface area contributed by atoms with Crippen molar-refractivity contribution in [1.82, 2.24) is 15.5 Å². The smallest absolute Gasteiger partial charge is 0.334 e. The zero-order valence-corrected chi connectivity index (χ0v) is 22.2. The second kappa shape index (κ2) is 12.5. The Hall–Kier alpha value is -4.31. The first kappa shape index (κ1) is 27.7. The van der Waals surface area contributed by atoms with E-state index < -0.39 is 17.9 Å². The Morgan fingerprint density at radius 3 is 2.15 bits per heavy atom. The third-order valence-electron chi connectivity index (χ3n) is 7.13. The van der Waals surface area contributed by atoms with Crippen molar-refractivity contribution in [3.8, 4) is 0 Å². The Kier molecular flexibility index (Phi) is 8.88. The van der Waals surface area contributed by atoms with Crippen LogP contribution >= 0.6 is 0 Å². The van der Waals surface area contributed by atoms with Gasteiger partial charge in [0.05, 0.1) is 17.1 Å². The van der Waals surface area contributed by atoms with Gasteiger partial charge in [0, 0.05) is 55.5 Å². The molecule has 0 spiro atoms. The molecule has 10 nitrogen and oxygen atoms in total. The monoisotopic (exact) mass is 533 g/mol. The van der Waals surface area contributed by atoms with E-state index in [1.807, 2.05) is 6.07 Å². The first-order chi connectivity index (χ1) is 18.7. The number of allylic oxidation sites excluding steroid dienone is 2. The summed E-state index contributed by atoms with van der Waals surface area (Å²) in [4.78, 5) is 41.4. The minimum Gasteiger partial charge on any atom is -0.478 e. The number of anilines is 2. The van der Waals surface area contributed by atoms with Gasteiger partial charge in [0.2, 0.25) is 0 Å². The second-order valence-corrected chi connectivity index (χ2v) is 9.77. The normalized spacial score (nSPS) is 16.6. The lowest BCUT2D eigenvalue weighted by atomic mass is 9.80. The molecule has 2 aromatic rings. The van der Waals surface area contributed by atoms with E-state index in [-0.39, 0.29) is 17.2 Å². The largest absolute Gasteiger partial charge is 0.478 e. The summed E-state index contributed by atoms with van der Waals surface area (Å²) in [7, 11) is 0. The second-order valence-electron chi connectivity index (χ2n) is 9.77. The molecule has 39 heavy (non-hydrogen) atoms. The molecule has 0 radical (unpaired) electrons. The van der Waals surface area contributed by atoms with Gasteiger partial charge >= 0.3 is 18.0 Å². The fourth-order valence-electron chi connectivity index (χ4n) is 5.24. The van der Waals surface area contributed by atoms with Gasteiger partial charge in [-0.3, -0.25) is 4.90 Å². The van der Waals surface area contributed by atoms with Crippen LogP contribution in [0.3, 0.4) is 0 Å². The first-order valence-electron chi connectivity index (χ1n) is 13.1. The molecule has 2 amide bonds. The molecule has 10 heteroatoms. The van der Waals surface area contributed by atoms with Crippen LogP contribution in [0.1, 0.15) is 31.7 Å². The lowest BCUT2D eigenvalue weighted by molar-refractivity contribution is -0.133. The number of carboxylic acid groups (broad SMARTS) is 2. The number of urea groups is 1. The number of rotatable bonds is 9. The van der Waals surface area contributed by atoms with E-state index >= 15 is 0 Å². The van der Waals surface area contributed by atoms with Crippen molar-refractivity contribution < 1.29 is 24.6 Å². The van der Waals surface area contributed by atoms with Crippen molar-refractivity contribution in [1.29, 1.82) is 0 Å². The number of nitrogens with zero attached hydrogens (tertiary/aromatic N) is 2. The van der Waals surface area contributed by atoms with E-state index in [1.54, 1.807) is 38.1 Å². The number of amides is 2. The minimum atomic E-state index is -1.20. The number of piperazine rings is 1. The number of dihydropyridines is 1. The quantitative estimate of drug-likeness (QED) is 0.310. The minimum absolute atomic E-state index is 0.0378. The number of nitrogens with one attached hydrogen (secondary N) is 3. The summed E-state index contributed by atoms with van der Waals surface area (Å²) in [6.07, 6.45) is 0.811. The maximum Gasteiger partial charge on any atom is 0.334 e. The molecule has 1 saturated heterocycles. The Bertz CT molecular complexity index is 1250. The molecule has 0 saturated carbocycles. The van der Waals surface area contributed by atoms with E-state index in [0.29, 0.717) is 29.2 Å². The molecule has 2 heterocycles. The van der Waals surface area contributed by atoms with Crippen LogP contribution in [0.25, 0.3) is 0 Å². The van der Waals surface area contributed by atoms with Crippen molar-refractivity contribution >= 4 is 29.3 Å². The van der Waals surface area contributed by atoms with E-state index in [0.717, 1.165) is 39.1 Å². The SMILES string of the molecule is CC1=C(C(=O)O)C(c2cccc(NC(=O)NCCCN3CCN(c4ccccc4)CC3)c2)C(C(=O)O)=C(C)N1. The molecule has 2 aromatic carbocycles. The standard InChI is InChI=1S/C29H35N5O5/c1-19-24(27(35)36)26(25(28(37)38)20(2)31-19)21-8-6-9-22(18-21)32-29(39)30-12-7-13-33-14-16-34(17-15-33)23-10-4-3-5-11-23/h3-6,8-11,18,26,31H,7,12-17H2,1-2H3,(H,35,36)(H,37,38)(H2,30,32,39). The van der Waals surface area contributed by atoms with Gasteiger partial charge < -0.3 is 31.1 Å². The zero-order chi connectivity index (χ0) is 27.9. The Morgan fingerprint density at radius 1 is 0.897 bits per heavy atom. The molecule has 4 rings (SSSR count). The number of para-hydroxylation sites is 1. The fourth-order valence-corrected chi connectivity index (χ4v) is 5.24. The maximum absolute atomic E-state index is 12.5. The van der Waals surface area contributed by atoms with E-state index in [2.05, 4.69) is 50.0 Å². The molecular weight excluding hydrogens is 498 g/mol. The number of hydrogen-bond acceptors (Lipinski definition) is 6. The van der Waals surface area contributed by atoms with Crippen LogP contribution in [0.5, 0.6) is 0 Å². The highest BCUT2D eigenvalue weighted by atomic mass is 16.4. The number of benzene rings is 2. The van der Waals surface area contributed by atoms with Crippen molar-refractivity contribution in [2.75, 3.05) is 49.5 Å². The molecule has 0 bridgehead atoms. The number of carboxylic acids is 2. The highest BCUT2D eigenvalue weighted by Gasteiger charge is 2.36. The molecule has 0 atom stereocenters. The lowest BCUT2D eigenvalue weighted by Gasteiger charge is -2.36. The van der Waals surface area contributed by atoms with E-state index in [1.165, 1.54) is 5.69 Å². The van der Waals surface area contributed by atoms with Crippen LogP contribution in [0.15, 0.2) is 77.1 Å². The number of hydrogen-bond donors (Lipinski definition) is 5. The summed E-state index contributed by atoms with van der Waals surface area (Å²) in [5.74, 6) is -3.38. The summed E-state index contributed by atoms with van der Waals surface area (Å²) in [5, 5.41) is 28.2. The molecule has 5 N–H and O–H groups in total. The zero-order valence-electron chi connectivity index (χ0n) is 22.2. The van der Waals surface area contributed by atoms with Crippen LogP contribution in [-0.4, -0.2) is 72.4 Å². The molecule has 0 aromatic heterocycles. The van der Waals surface area contributed by atoms with Gasteiger partial charge in [-0.1, -0.05) is 30.3 Å². The highest BCUT2D eigenvalue weighted by molar-refractivity contribution is 5.98. The predicted octanol–water partition coefficient (Wildman–Crippen LogP) is 3.42. The van der Waals surface area contributed by atoms with Crippen molar-refractivity contribution in [3.05, 3.63) is 82.7 Å². The summed E-state index contributed by atoms with van der Waals surface area (Å²) in [5.41, 5.74) is 2.85. The van der Waals surface area contributed by atoms with Gasteiger partial charge in [-0.15, -0.1) is 0 Å². The number of carbonyl (C=O) groups is 3. The maximum atomic E-state index is 12.5. The van der Waals surface area contributed by atoms with Crippen LogP contribution < -0.4 is 20.9 Å².